The first-order valence-corrected chi connectivity index (χ1v) is 8.58. The Morgan fingerprint density at radius 1 is 1.23 bits per heavy atom. The van der Waals surface area contributed by atoms with Gasteiger partial charge in [0.2, 0.25) is 0 Å². The molecule has 0 spiro atoms. The first kappa shape index (κ1) is 16.3. The number of nitrogens with one attached hydrogen (secondary N) is 2. The number of carbonyl (C=O) groups is 1. The molecule has 1 aliphatic rings. The van der Waals surface area contributed by atoms with Crippen LogP contribution in [0.1, 0.15) is 23.2 Å². The molecule has 0 aliphatic carbocycles. The third-order valence-electron chi connectivity index (χ3n) is 4.71. The Morgan fingerprint density at radius 2 is 2.00 bits per heavy atom. The zero-order valence-electron chi connectivity index (χ0n) is 14.5. The van der Waals surface area contributed by atoms with E-state index < -0.39 is 0 Å². The molecule has 0 saturated carbocycles. The molecule has 1 amide bonds. The van der Waals surface area contributed by atoms with Gasteiger partial charge in [-0.15, -0.1) is 0 Å². The number of nitrogens with zero attached hydrogens (tertiary/aromatic N) is 4. The monoisotopic (exact) mass is 352 g/mol. The van der Waals surface area contributed by atoms with Gasteiger partial charge in [-0.05, 0) is 37.1 Å². The molecule has 1 fully saturated rings. The predicted octanol–water partition coefficient (Wildman–Crippen LogP) is 1.76. The summed E-state index contributed by atoms with van der Waals surface area (Å²) in [6.07, 6.45) is 5.03. The molecular formula is C18H20N6O2. The van der Waals surface area contributed by atoms with E-state index in [-0.39, 0.29) is 11.9 Å². The van der Waals surface area contributed by atoms with Crippen LogP contribution in [0.15, 0.2) is 36.8 Å². The largest absolute Gasteiger partial charge is 0.497 e. The Balaban J connectivity index is 1.37. The Morgan fingerprint density at radius 3 is 2.73 bits per heavy atom. The van der Waals surface area contributed by atoms with E-state index in [2.05, 4.69) is 30.4 Å². The van der Waals surface area contributed by atoms with E-state index in [1.54, 1.807) is 43.9 Å². The van der Waals surface area contributed by atoms with Gasteiger partial charge in [0.25, 0.3) is 5.91 Å². The number of aromatic nitrogens is 4. The van der Waals surface area contributed by atoms with Crippen LogP contribution in [-0.2, 0) is 0 Å². The van der Waals surface area contributed by atoms with Crippen molar-refractivity contribution >= 4 is 22.8 Å². The van der Waals surface area contributed by atoms with Crippen LogP contribution in [0.25, 0.3) is 11.0 Å². The lowest BCUT2D eigenvalue weighted by Crippen LogP contribution is -2.45. The number of methoxy groups -OCH3 is 1. The van der Waals surface area contributed by atoms with E-state index >= 15 is 0 Å². The van der Waals surface area contributed by atoms with Crippen molar-refractivity contribution in [2.24, 2.45) is 0 Å². The second-order valence-electron chi connectivity index (χ2n) is 6.29. The van der Waals surface area contributed by atoms with Crippen molar-refractivity contribution in [2.75, 3.05) is 25.1 Å². The Labute approximate surface area is 150 Å². The summed E-state index contributed by atoms with van der Waals surface area (Å²) in [7, 11) is 1.61. The highest BCUT2D eigenvalue weighted by Gasteiger charge is 2.23. The maximum Gasteiger partial charge on any atom is 0.251 e. The molecule has 3 heterocycles. The van der Waals surface area contributed by atoms with Gasteiger partial charge in [-0.25, -0.2) is 9.97 Å². The van der Waals surface area contributed by atoms with Gasteiger partial charge in [0.15, 0.2) is 5.65 Å². The summed E-state index contributed by atoms with van der Waals surface area (Å²) in [5.74, 6) is 1.58. The molecule has 0 radical (unpaired) electrons. The molecule has 0 atom stereocenters. The normalized spacial score (nSPS) is 15.2. The Hall–Kier alpha value is -3.16. The lowest BCUT2D eigenvalue weighted by Gasteiger charge is -2.33. The number of benzene rings is 1. The predicted molar refractivity (Wildman–Crippen MR) is 97.4 cm³/mol. The van der Waals surface area contributed by atoms with E-state index in [0.29, 0.717) is 5.56 Å². The van der Waals surface area contributed by atoms with Crippen LogP contribution in [0.3, 0.4) is 0 Å². The van der Waals surface area contributed by atoms with Crippen LogP contribution in [0, 0.1) is 0 Å². The summed E-state index contributed by atoms with van der Waals surface area (Å²) in [5, 5.41) is 10.9. The van der Waals surface area contributed by atoms with Crippen molar-refractivity contribution in [3.63, 3.8) is 0 Å². The van der Waals surface area contributed by atoms with Gasteiger partial charge in [-0.1, -0.05) is 0 Å². The second kappa shape index (κ2) is 6.99. The topological polar surface area (TPSA) is 96.0 Å². The third kappa shape index (κ3) is 3.17. The van der Waals surface area contributed by atoms with Gasteiger partial charge < -0.3 is 15.0 Å². The first-order valence-electron chi connectivity index (χ1n) is 8.58. The van der Waals surface area contributed by atoms with Gasteiger partial charge in [0, 0.05) is 24.7 Å². The average Bonchev–Trinajstić information content (AvgIpc) is 3.17. The number of piperidine rings is 1. The van der Waals surface area contributed by atoms with Gasteiger partial charge >= 0.3 is 0 Å². The highest BCUT2D eigenvalue weighted by Crippen LogP contribution is 2.24. The maximum absolute atomic E-state index is 12.4. The molecule has 3 aromatic rings. The number of carbonyl (C=O) groups excluding carboxylic acids is 1. The molecule has 0 bridgehead atoms. The van der Waals surface area contributed by atoms with Gasteiger partial charge in [0.1, 0.15) is 17.9 Å². The molecule has 8 nitrogen and oxygen atoms in total. The number of aromatic amines is 1. The zero-order valence-corrected chi connectivity index (χ0v) is 14.5. The lowest BCUT2D eigenvalue weighted by molar-refractivity contribution is 0.0931. The van der Waals surface area contributed by atoms with Crippen LogP contribution < -0.4 is 15.0 Å². The molecule has 26 heavy (non-hydrogen) atoms. The van der Waals surface area contributed by atoms with E-state index in [1.807, 2.05) is 0 Å². The number of rotatable bonds is 4. The standard InChI is InChI=1S/C18H20N6O2/c1-26-14-4-2-12(3-5-14)18(25)22-13-6-8-24(9-7-13)17-15-10-21-23-16(15)19-11-20-17/h2-5,10-11,13H,6-9H2,1H3,(H,22,25)(H,19,20,21,23). The van der Waals surface area contributed by atoms with Crippen LogP contribution in [0.5, 0.6) is 5.75 Å². The number of hydrogen-bond acceptors (Lipinski definition) is 6. The molecule has 4 rings (SSSR count). The van der Waals surface area contributed by atoms with Gasteiger partial charge in [-0.2, -0.15) is 5.10 Å². The second-order valence-corrected chi connectivity index (χ2v) is 6.29. The Bertz CT molecular complexity index is 899. The molecule has 8 heteroatoms. The smallest absolute Gasteiger partial charge is 0.251 e. The van der Waals surface area contributed by atoms with Crippen molar-refractivity contribution in [3.05, 3.63) is 42.4 Å². The number of H-pyrrole nitrogens is 1. The molecule has 2 N–H and O–H groups in total. The average molecular weight is 352 g/mol. The van der Waals surface area contributed by atoms with Crippen LogP contribution in [0.2, 0.25) is 0 Å². The molecule has 2 aromatic heterocycles. The van der Waals surface area contributed by atoms with E-state index in [9.17, 15) is 4.79 Å². The summed E-state index contributed by atoms with van der Waals surface area (Å²) in [6, 6.07) is 7.30. The molecule has 0 unspecified atom stereocenters. The SMILES string of the molecule is COc1ccc(C(=O)NC2CCN(c3ncnc4[nH]ncc34)CC2)cc1. The summed E-state index contributed by atoms with van der Waals surface area (Å²) in [5.41, 5.74) is 1.38. The van der Waals surface area contributed by atoms with E-state index in [4.69, 9.17) is 4.74 Å². The number of anilines is 1. The van der Waals surface area contributed by atoms with Gasteiger partial charge in [0.05, 0.1) is 18.7 Å². The first-order chi connectivity index (χ1) is 12.7. The molecular weight excluding hydrogens is 332 g/mol. The van der Waals surface area contributed by atoms with Crippen LogP contribution in [-0.4, -0.2) is 52.3 Å². The fourth-order valence-electron chi connectivity index (χ4n) is 3.25. The maximum atomic E-state index is 12.4. The summed E-state index contributed by atoms with van der Waals surface area (Å²) in [4.78, 5) is 23.2. The van der Waals surface area contributed by atoms with E-state index in [1.165, 1.54) is 0 Å². The fourth-order valence-corrected chi connectivity index (χ4v) is 3.25. The minimum atomic E-state index is -0.0506. The minimum absolute atomic E-state index is 0.0506. The highest BCUT2D eigenvalue weighted by atomic mass is 16.5. The van der Waals surface area contributed by atoms with Crippen molar-refractivity contribution in [2.45, 2.75) is 18.9 Å². The van der Waals surface area contributed by atoms with Crippen molar-refractivity contribution < 1.29 is 9.53 Å². The zero-order chi connectivity index (χ0) is 17.9. The molecule has 134 valence electrons. The third-order valence-corrected chi connectivity index (χ3v) is 4.71. The molecule has 1 aliphatic heterocycles. The minimum Gasteiger partial charge on any atom is -0.497 e. The van der Waals surface area contributed by atoms with Crippen molar-refractivity contribution in [1.82, 2.24) is 25.5 Å². The number of fused-ring (bicyclic) bond motifs is 1. The van der Waals surface area contributed by atoms with Crippen molar-refractivity contribution in [3.8, 4) is 5.75 Å². The Kier molecular flexibility index (Phi) is 4.39. The lowest BCUT2D eigenvalue weighted by atomic mass is 10.0. The summed E-state index contributed by atoms with van der Waals surface area (Å²) >= 11 is 0. The van der Waals surface area contributed by atoms with E-state index in [0.717, 1.165) is 48.5 Å². The number of hydrogen-bond donors (Lipinski definition) is 2. The quantitative estimate of drug-likeness (QED) is 0.743. The molecule has 1 saturated heterocycles. The van der Waals surface area contributed by atoms with Crippen LogP contribution >= 0.6 is 0 Å². The number of amides is 1. The summed E-state index contributed by atoms with van der Waals surface area (Å²) in [6.45, 7) is 1.65. The fraction of sp³-hybridized carbons (Fsp3) is 0.333. The number of ether oxygens (including phenoxy) is 1. The van der Waals surface area contributed by atoms with Crippen molar-refractivity contribution in [1.29, 1.82) is 0 Å². The summed E-state index contributed by atoms with van der Waals surface area (Å²) < 4.78 is 5.12. The van der Waals surface area contributed by atoms with Gasteiger partial charge in [-0.3, -0.25) is 9.89 Å². The highest BCUT2D eigenvalue weighted by molar-refractivity contribution is 5.94. The molecule has 1 aromatic carbocycles. The van der Waals surface area contributed by atoms with Crippen LogP contribution in [0.4, 0.5) is 5.82 Å².